The molecule has 29 heavy (non-hydrogen) atoms. The molecule has 0 radical (unpaired) electrons. The van der Waals surface area contributed by atoms with Crippen LogP contribution in [0.3, 0.4) is 0 Å². The quantitative estimate of drug-likeness (QED) is 0.500. The van der Waals surface area contributed by atoms with Crippen LogP contribution in [0.4, 0.5) is 5.69 Å². The third-order valence-electron chi connectivity index (χ3n) is 5.53. The van der Waals surface area contributed by atoms with Gasteiger partial charge in [-0.3, -0.25) is 4.79 Å². The number of carbonyl (C=O) groups is 1. The molecule has 0 atom stereocenters. The van der Waals surface area contributed by atoms with Crippen molar-refractivity contribution in [3.63, 3.8) is 0 Å². The van der Waals surface area contributed by atoms with Crippen LogP contribution >= 0.6 is 0 Å². The Bertz CT molecular complexity index is 709. The molecular weight excluding hydrogens is 362 g/mol. The van der Waals surface area contributed by atoms with Gasteiger partial charge in [-0.1, -0.05) is 63.9 Å². The SMILES string of the molecule is COc1ccc(C)cc1N/C=C(/C#N)C(=O)NC1CCCCCCCCCCC1. The summed E-state index contributed by atoms with van der Waals surface area (Å²) in [6.45, 7) is 1.98. The summed E-state index contributed by atoms with van der Waals surface area (Å²) in [7, 11) is 1.60. The number of amides is 1. The molecule has 1 aliphatic carbocycles. The van der Waals surface area contributed by atoms with Crippen LogP contribution in [0.1, 0.15) is 76.2 Å². The van der Waals surface area contributed by atoms with Crippen molar-refractivity contribution in [2.45, 2.75) is 83.6 Å². The van der Waals surface area contributed by atoms with E-state index >= 15 is 0 Å². The molecule has 1 amide bonds. The van der Waals surface area contributed by atoms with Crippen molar-refractivity contribution in [2.75, 3.05) is 12.4 Å². The van der Waals surface area contributed by atoms with Crippen LogP contribution in [0.5, 0.6) is 5.75 Å². The Balaban J connectivity index is 1.98. The first-order valence-corrected chi connectivity index (χ1v) is 11.0. The largest absolute Gasteiger partial charge is 0.495 e. The number of nitrogens with zero attached hydrogens (tertiary/aromatic N) is 1. The summed E-state index contributed by atoms with van der Waals surface area (Å²) >= 11 is 0. The van der Waals surface area contributed by atoms with Crippen molar-refractivity contribution in [3.8, 4) is 11.8 Å². The number of nitriles is 1. The molecule has 2 N–H and O–H groups in total. The van der Waals surface area contributed by atoms with Crippen molar-refractivity contribution >= 4 is 11.6 Å². The van der Waals surface area contributed by atoms with Crippen LogP contribution in [0.25, 0.3) is 0 Å². The van der Waals surface area contributed by atoms with E-state index in [9.17, 15) is 10.1 Å². The van der Waals surface area contributed by atoms with Crippen LogP contribution in [-0.4, -0.2) is 19.1 Å². The molecule has 0 saturated heterocycles. The van der Waals surface area contributed by atoms with Crippen LogP contribution in [0, 0.1) is 18.3 Å². The van der Waals surface area contributed by atoms with Crippen molar-refractivity contribution in [1.82, 2.24) is 5.32 Å². The number of carbonyl (C=O) groups excluding carboxylic acids is 1. The molecule has 0 aliphatic heterocycles. The monoisotopic (exact) mass is 397 g/mol. The van der Waals surface area contributed by atoms with Gasteiger partial charge in [-0.05, 0) is 37.5 Å². The summed E-state index contributed by atoms with van der Waals surface area (Å²) in [5.41, 5.74) is 1.89. The summed E-state index contributed by atoms with van der Waals surface area (Å²) in [5, 5.41) is 15.6. The first-order chi connectivity index (χ1) is 14.1. The summed E-state index contributed by atoms with van der Waals surface area (Å²) in [5.74, 6) is 0.368. The van der Waals surface area contributed by atoms with Crippen LogP contribution in [0.15, 0.2) is 30.0 Å². The molecule has 0 unspecified atom stereocenters. The van der Waals surface area contributed by atoms with E-state index in [0.717, 1.165) is 36.9 Å². The van der Waals surface area contributed by atoms with Gasteiger partial charge in [-0.2, -0.15) is 5.26 Å². The number of aryl methyl sites for hydroxylation is 1. The van der Waals surface area contributed by atoms with Gasteiger partial charge < -0.3 is 15.4 Å². The van der Waals surface area contributed by atoms with E-state index in [1.807, 2.05) is 31.2 Å². The lowest BCUT2D eigenvalue weighted by Crippen LogP contribution is -2.35. The smallest absolute Gasteiger partial charge is 0.263 e. The maximum absolute atomic E-state index is 12.7. The Morgan fingerprint density at radius 3 is 2.21 bits per heavy atom. The highest BCUT2D eigenvalue weighted by molar-refractivity contribution is 5.97. The molecule has 1 aromatic carbocycles. The second-order valence-electron chi connectivity index (χ2n) is 7.95. The molecule has 158 valence electrons. The maximum atomic E-state index is 12.7. The Labute approximate surface area is 175 Å². The number of rotatable bonds is 5. The maximum Gasteiger partial charge on any atom is 0.263 e. The van der Waals surface area contributed by atoms with Gasteiger partial charge in [0.2, 0.25) is 0 Å². The predicted molar refractivity (Wildman–Crippen MR) is 118 cm³/mol. The molecule has 5 nitrogen and oxygen atoms in total. The first kappa shape index (κ1) is 22.8. The van der Waals surface area contributed by atoms with Gasteiger partial charge in [-0.25, -0.2) is 0 Å². The van der Waals surface area contributed by atoms with Gasteiger partial charge in [-0.15, -0.1) is 0 Å². The fraction of sp³-hybridized carbons (Fsp3) is 0.583. The zero-order chi connectivity index (χ0) is 20.9. The van der Waals surface area contributed by atoms with Crippen molar-refractivity contribution in [2.24, 2.45) is 0 Å². The van der Waals surface area contributed by atoms with Gasteiger partial charge in [0.25, 0.3) is 5.91 Å². The van der Waals surface area contributed by atoms with E-state index in [0.29, 0.717) is 5.75 Å². The number of nitrogens with one attached hydrogen (secondary N) is 2. The minimum atomic E-state index is -0.302. The average molecular weight is 398 g/mol. The fourth-order valence-corrected chi connectivity index (χ4v) is 3.80. The highest BCUT2D eigenvalue weighted by Gasteiger charge is 2.16. The summed E-state index contributed by atoms with van der Waals surface area (Å²) < 4.78 is 5.34. The topological polar surface area (TPSA) is 74.1 Å². The number of methoxy groups -OCH3 is 1. The average Bonchev–Trinajstić information content (AvgIpc) is 2.70. The van der Waals surface area contributed by atoms with Crippen molar-refractivity contribution in [3.05, 3.63) is 35.5 Å². The van der Waals surface area contributed by atoms with Gasteiger partial charge in [0, 0.05) is 12.2 Å². The number of hydrogen-bond acceptors (Lipinski definition) is 4. The standard InChI is InChI=1S/C24H35N3O2/c1-19-14-15-23(29-2)22(16-19)26-18-20(17-25)24(28)27-21-12-10-8-6-4-3-5-7-9-11-13-21/h14-16,18,21,26H,3-13H2,1-2H3,(H,27,28)/b20-18-. The van der Waals surface area contributed by atoms with E-state index in [2.05, 4.69) is 10.6 Å². The first-order valence-electron chi connectivity index (χ1n) is 11.0. The van der Waals surface area contributed by atoms with Crippen molar-refractivity contribution < 1.29 is 9.53 Å². The third-order valence-corrected chi connectivity index (χ3v) is 5.53. The number of ether oxygens (including phenoxy) is 1. The molecule has 1 aliphatic rings. The highest BCUT2D eigenvalue weighted by atomic mass is 16.5. The molecule has 0 heterocycles. The lowest BCUT2D eigenvalue weighted by Gasteiger charge is -2.19. The minimum Gasteiger partial charge on any atom is -0.495 e. The molecular formula is C24H35N3O2. The zero-order valence-electron chi connectivity index (χ0n) is 17.9. The third kappa shape index (κ3) is 8.19. The van der Waals surface area contributed by atoms with E-state index in [1.54, 1.807) is 7.11 Å². The van der Waals surface area contributed by atoms with E-state index in [4.69, 9.17) is 4.74 Å². The van der Waals surface area contributed by atoms with Crippen molar-refractivity contribution in [1.29, 1.82) is 5.26 Å². The Morgan fingerprint density at radius 2 is 1.66 bits per heavy atom. The van der Waals surface area contributed by atoms with Gasteiger partial charge in [0.15, 0.2) is 0 Å². The van der Waals surface area contributed by atoms with Crippen LogP contribution < -0.4 is 15.4 Å². The number of anilines is 1. The molecule has 0 spiro atoms. The predicted octanol–water partition coefficient (Wildman–Crippen LogP) is 5.61. The molecule has 5 heteroatoms. The zero-order valence-corrected chi connectivity index (χ0v) is 17.9. The Kier molecular flexibility index (Phi) is 10.1. The van der Waals surface area contributed by atoms with Crippen LogP contribution in [-0.2, 0) is 4.79 Å². The van der Waals surface area contributed by atoms with Gasteiger partial charge in [0.1, 0.15) is 17.4 Å². The van der Waals surface area contributed by atoms with Crippen LogP contribution in [0.2, 0.25) is 0 Å². The second-order valence-corrected chi connectivity index (χ2v) is 7.95. The van der Waals surface area contributed by atoms with E-state index < -0.39 is 0 Å². The highest BCUT2D eigenvalue weighted by Crippen LogP contribution is 2.25. The molecule has 0 bridgehead atoms. The van der Waals surface area contributed by atoms with Gasteiger partial charge in [0.05, 0.1) is 12.8 Å². The molecule has 1 fully saturated rings. The normalized spacial score (nSPS) is 17.3. The summed E-state index contributed by atoms with van der Waals surface area (Å²) in [6.07, 6.45) is 14.7. The Morgan fingerprint density at radius 1 is 1.07 bits per heavy atom. The second kappa shape index (κ2) is 12.9. The number of hydrogen-bond donors (Lipinski definition) is 2. The van der Waals surface area contributed by atoms with Gasteiger partial charge >= 0.3 is 0 Å². The lowest BCUT2D eigenvalue weighted by atomic mass is 9.98. The fourth-order valence-electron chi connectivity index (χ4n) is 3.80. The summed E-state index contributed by atoms with van der Waals surface area (Å²) in [4.78, 5) is 12.7. The minimum absolute atomic E-state index is 0.0830. The number of benzene rings is 1. The molecule has 0 aromatic heterocycles. The molecule has 1 saturated carbocycles. The lowest BCUT2D eigenvalue weighted by molar-refractivity contribution is -0.117. The molecule has 2 rings (SSSR count). The molecule has 1 aromatic rings. The van der Waals surface area contributed by atoms with E-state index in [1.165, 1.54) is 51.1 Å². The van der Waals surface area contributed by atoms with E-state index in [-0.39, 0.29) is 17.5 Å². The Hall–Kier alpha value is -2.48. The summed E-state index contributed by atoms with van der Waals surface area (Å²) in [6, 6.07) is 7.92.